The lowest BCUT2D eigenvalue weighted by atomic mass is 10.6. The molecule has 1 N–H and O–H groups in total. The number of aromatic nitrogens is 4. The molecule has 2 aromatic heterocycles. The van der Waals surface area contributed by atoms with Crippen molar-refractivity contribution in [3.63, 3.8) is 0 Å². The van der Waals surface area contributed by atoms with Crippen LogP contribution in [-0.4, -0.2) is 27.7 Å². The zero-order chi connectivity index (χ0) is 8.55. The quantitative estimate of drug-likeness (QED) is 0.621. The van der Waals surface area contributed by atoms with Crippen LogP contribution in [0.5, 0.6) is 0 Å². The summed E-state index contributed by atoms with van der Waals surface area (Å²) >= 11 is -2.10. The maximum Gasteiger partial charge on any atom is 0.267 e. The Hall–Kier alpha value is -1.34. The van der Waals surface area contributed by atoms with Crippen molar-refractivity contribution < 1.29 is 8.76 Å². The molecule has 0 fully saturated rings. The van der Waals surface area contributed by atoms with Gasteiger partial charge in [0.1, 0.15) is 18.2 Å². The normalized spacial score (nSPS) is 13.4. The summed E-state index contributed by atoms with van der Waals surface area (Å²) in [6, 6.07) is 0. The number of rotatable bonds is 1. The van der Waals surface area contributed by atoms with E-state index < -0.39 is 11.3 Å². The molecule has 0 saturated carbocycles. The van der Waals surface area contributed by atoms with Crippen molar-refractivity contribution in [1.82, 2.24) is 18.9 Å². The Balaban J connectivity index is 2.79. The van der Waals surface area contributed by atoms with E-state index in [2.05, 4.69) is 15.0 Å². The largest absolute Gasteiger partial charge is 0.289 e. The highest BCUT2D eigenvalue weighted by molar-refractivity contribution is 7.77. The minimum atomic E-state index is -2.10. The predicted molar refractivity (Wildman–Crippen MR) is 41.5 cm³/mol. The Labute approximate surface area is 69.7 Å². The first-order valence-corrected chi connectivity index (χ1v) is 4.10. The van der Waals surface area contributed by atoms with Gasteiger partial charge in [0.25, 0.3) is 11.3 Å². The van der Waals surface area contributed by atoms with Crippen molar-refractivity contribution in [2.75, 3.05) is 0 Å². The molecule has 0 aliphatic rings. The first-order chi connectivity index (χ1) is 5.79. The molecule has 7 heteroatoms. The van der Waals surface area contributed by atoms with Gasteiger partial charge in [-0.25, -0.2) is 23.1 Å². The number of nitrogens with zero attached hydrogens (tertiary/aromatic N) is 4. The summed E-state index contributed by atoms with van der Waals surface area (Å²) in [7, 11) is 0. The molecule has 2 heterocycles. The molecule has 2 aromatic rings. The zero-order valence-corrected chi connectivity index (χ0v) is 6.60. The fourth-order valence-electron chi connectivity index (χ4n) is 0.865. The molecule has 2 rings (SSSR count). The summed E-state index contributed by atoms with van der Waals surface area (Å²) in [6.45, 7) is 0. The van der Waals surface area contributed by atoms with Crippen LogP contribution in [0.4, 0.5) is 0 Å². The van der Waals surface area contributed by atoms with Crippen LogP contribution >= 0.6 is 0 Å². The molecule has 0 radical (unpaired) electrons. The van der Waals surface area contributed by atoms with E-state index in [1.165, 1.54) is 18.9 Å². The molecule has 12 heavy (non-hydrogen) atoms. The lowest BCUT2D eigenvalue weighted by molar-refractivity contribution is 0.556. The van der Waals surface area contributed by atoms with Gasteiger partial charge in [-0.05, 0) is 0 Å². The average Bonchev–Trinajstić information content (AvgIpc) is 2.47. The van der Waals surface area contributed by atoms with E-state index in [-0.39, 0.29) is 0 Å². The van der Waals surface area contributed by atoms with E-state index in [1.54, 1.807) is 0 Å². The number of fused-ring (bicyclic) bond motifs is 1. The Morgan fingerprint density at radius 3 is 3.08 bits per heavy atom. The maximum absolute atomic E-state index is 10.7. The molecule has 1 unspecified atom stereocenters. The van der Waals surface area contributed by atoms with Crippen molar-refractivity contribution in [2.24, 2.45) is 0 Å². The van der Waals surface area contributed by atoms with E-state index in [9.17, 15) is 4.21 Å². The molecule has 6 nitrogen and oxygen atoms in total. The lowest BCUT2D eigenvalue weighted by Gasteiger charge is -1.93. The highest BCUT2D eigenvalue weighted by Crippen LogP contribution is 2.07. The van der Waals surface area contributed by atoms with Crippen LogP contribution in [0.3, 0.4) is 0 Å². The third kappa shape index (κ3) is 0.990. The van der Waals surface area contributed by atoms with Gasteiger partial charge in [0.2, 0.25) is 0 Å². The van der Waals surface area contributed by atoms with E-state index >= 15 is 0 Å². The average molecular weight is 184 g/mol. The van der Waals surface area contributed by atoms with Crippen LogP contribution in [-0.2, 0) is 11.3 Å². The van der Waals surface area contributed by atoms with Crippen molar-refractivity contribution in [2.45, 2.75) is 0 Å². The number of imidazole rings is 1. The van der Waals surface area contributed by atoms with Crippen molar-refractivity contribution in [3.8, 4) is 0 Å². The third-order valence-corrected chi connectivity index (χ3v) is 1.99. The third-order valence-electron chi connectivity index (χ3n) is 1.36. The summed E-state index contributed by atoms with van der Waals surface area (Å²) in [5, 5.41) is 0. The van der Waals surface area contributed by atoms with E-state index in [1.807, 2.05) is 0 Å². The van der Waals surface area contributed by atoms with Gasteiger partial charge < -0.3 is 0 Å². The van der Waals surface area contributed by atoms with Crippen LogP contribution in [0.15, 0.2) is 18.9 Å². The minimum absolute atomic E-state index is 0.410. The minimum Gasteiger partial charge on any atom is -0.289 e. The van der Waals surface area contributed by atoms with Gasteiger partial charge in [0.05, 0.1) is 6.20 Å². The van der Waals surface area contributed by atoms with Crippen LogP contribution in [0.1, 0.15) is 0 Å². The first-order valence-electron chi connectivity index (χ1n) is 3.03. The van der Waals surface area contributed by atoms with Gasteiger partial charge in [-0.1, -0.05) is 0 Å². The molecular formula is C5H4N4O2S. The van der Waals surface area contributed by atoms with E-state index in [4.69, 9.17) is 4.55 Å². The Bertz CT molecular complexity index is 440. The fraction of sp³-hybridized carbons (Fsp3) is 0. The summed E-state index contributed by atoms with van der Waals surface area (Å²) in [5.41, 5.74) is 0.853. The Morgan fingerprint density at radius 2 is 2.33 bits per heavy atom. The lowest BCUT2D eigenvalue weighted by Crippen LogP contribution is -2.00. The second-order valence-electron chi connectivity index (χ2n) is 2.03. The first kappa shape index (κ1) is 7.32. The summed E-state index contributed by atoms with van der Waals surface area (Å²) in [5.74, 6) is 0. The monoisotopic (exact) mass is 184 g/mol. The molecule has 0 saturated heterocycles. The molecule has 0 aliphatic carbocycles. The molecule has 1 atom stereocenters. The Morgan fingerprint density at radius 1 is 1.50 bits per heavy atom. The fourth-order valence-corrected chi connectivity index (χ4v) is 1.29. The van der Waals surface area contributed by atoms with Gasteiger partial charge >= 0.3 is 0 Å². The second kappa shape index (κ2) is 2.61. The van der Waals surface area contributed by atoms with Crippen molar-refractivity contribution in [1.29, 1.82) is 0 Å². The molecular weight excluding hydrogens is 180 g/mol. The molecule has 0 amide bonds. The summed E-state index contributed by atoms with van der Waals surface area (Å²) in [6.07, 6.45) is 4.01. The predicted octanol–water partition coefficient (Wildman–Crippen LogP) is -0.189. The molecule has 0 spiro atoms. The van der Waals surface area contributed by atoms with Gasteiger partial charge in [-0.2, -0.15) is 0 Å². The standard InChI is InChI=1S/C5H4N4O2S/c10-12(11)9-3-8-5-4(9)1-6-2-7-5/h1-3H,(H,10,11). The number of hydrogen-bond acceptors (Lipinski definition) is 4. The van der Waals surface area contributed by atoms with E-state index in [0.29, 0.717) is 11.2 Å². The Kier molecular flexibility index (Phi) is 1.59. The SMILES string of the molecule is O=S(O)n1cnc2ncncc21. The summed E-state index contributed by atoms with van der Waals surface area (Å²) < 4.78 is 20.5. The van der Waals surface area contributed by atoms with Gasteiger partial charge in [0, 0.05) is 0 Å². The van der Waals surface area contributed by atoms with Gasteiger partial charge in [0.15, 0.2) is 5.65 Å². The van der Waals surface area contributed by atoms with E-state index in [0.717, 1.165) is 3.97 Å². The molecule has 0 aromatic carbocycles. The molecule has 0 bridgehead atoms. The summed E-state index contributed by atoms with van der Waals surface area (Å²) in [4.78, 5) is 11.3. The zero-order valence-electron chi connectivity index (χ0n) is 5.78. The van der Waals surface area contributed by atoms with Crippen molar-refractivity contribution >= 4 is 22.4 Å². The maximum atomic E-state index is 10.7. The van der Waals surface area contributed by atoms with Crippen LogP contribution in [0, 0.1) is 0 Å². The van der Waals surface area contributed by atoms with Gasteiger partial charge in [-0.3, -0.25) is 4.55 Å². The van der Waals surface area contributed by atoms with Crippen LogP contribution in [0.25, 0.3) is 11.2 Å². The van der Waals surface area contributed by atoms with Crippen LogP contribution in [0.2, 0.25) is 0 Å². The topological polar surface area (TPSA) is 80.9 Å². The molecule has 0 aliphatic heterocycles. The molecule has 62 valence electrons. The second-order valence-corrected chi connectivity index (χ2v) is 2.89. The highest BCUT2D eigenvalue weighted by Gasteiger charge is 2.05. The smallest absolute Gasteiger partial charge is 0.267 e. The van der Waals surface area contributed by atoms with Crippen molar-refractivity contribution in [3.05, 3.63) is 18.9 Å². The van der Waals surface area contributed by atoms with Crippen LogP contribution < -0.4 is 0 Å². The number of hydrogen-bond donors (Lipinski definition) is 1. The van der Waals surface area contributed by atoms with Gasteiger partial charge in [-0.15, -0.1) is 0 Å². The highest BCUT2D eigenvalue weighted by atomic mass is 32.2.